The normalized spacial score (nSPS) is 23.1. The van der Waals surface area contributed by atoms with Crippen LogP contribution in [0.1, 0.15) is 17.5 Å². The lowest BCUT2D eigenvalue weighted by atomic mass is 9.85. The van der Waals surface area contributed by atoms with E-state index in [0.29, 0.717) is 12.2 Å². The number of aryl methyl sites for hydroxylation is 1. The van der Waals surface area contributed by atoms with Crippen LogP contribution in [0, 0.1) is 0 Å². The van der Waals surface area contributed by atoms with E-state index < -0.39 is 0 Å². The molecule has 2 nitrogen and oxygen atoms in total. The molecule has 0 bridgehead atoms. The Bertz CT molecular complexity index is 880. The van der Waals surface area contributed by atoms with E-state index in [-0.39, 0.29) is 0 Å². The molecule has 0 amide bonds. The van der Waals surface area contributed by atoms with Gasteiger partial charge < -0.3 is 9.47 Å². The molecular formula is C21H20O2. The molecule has 0 aromatic heterocycles. The minimum atomic E-state index is 0.351. The van der Waals surface area contributed by atoms with E-state index >= 15 is 0 Å². The maximum absolute atomic E-state index is 6.02. The van der Waals surface area contributed by atoms with Crippen LogP contribution < -0.4 is 0 Å². The molecule has 1 aliphatic heterocycles. The quantitative estimate of drug-likeness (QED) is 0.532. The van der Waals surface area contributed by atoms with Gasteiger partial charge in [-0.15, -0.1) is 0 Å². The minimum Gasteiger partial charge on any atom is -0.375 e. The molecule has 1 saturated heterocycles. The van der Waals surface area contributed by atoms with Crippen LogP contribution in [-0.2, 0) is 22.3 Å². The van der Waals surface area contributed by atoms with Crippen molar-refractivity contribution in [2.75, 3.05) is 13.2 Å². The number of hydrogen-bond donors (Lipinski definition) is 0. The Morgan fingerprint density at radius 1 is 0.957 bits per heavy atom. The Labute approximate surface area is 136 Å². The van der Waals surface area contributed by atoms with Crippen LogP contribution in [0.15, 0.2) is 48.5 Å². The number of ether oxygens (including phenoxy) is 2. The third kappa shape index (κ3) is 2.43. The standard InChI is InChI=1S/C21H20O2/c1-2-4-18-14(3-1)5-8-21-19-10-7-16(22-12-17-13-23-17)11-15(19)6-9-20(18)21/h1-6,8-9,16-17H,7,10-13H2/t16?,17-/m0/s1. The van der Waals surface area contributed by atoms with Crippen molar-refractivity contribution in [1.29, 1.82) is 0 Å². The molecule has 0 saturated carbocycles. The Morgan fingerprint density at radius 2 is 1.83 bits per heavy atom. The summed E-state index contributed by atoms with van der Waals surface area (Å²) >= 11 is 0. The zero-order valence-electron chi connectivity index (χ0n) is 13.1. The first kappa shape index (κ1) is 13.5. The van der Waals surface area contributed by atoms with E-state index in [9.17, 15) is 0 Å². The van der Waals surface area contributed by atoms with Gasteiger partial charge in [0.05, 0.1) is 19.3 Å². The molecule has 3 aromatic carbocycles. The second-order valence-corrected chi connectivity index (χ2v) is 6.74. The molecule has 1 heterocycles. The van der Waals surface area contributed by atoms with Crippen molar-refractivity contribution in [3.8, 4) is 0 Å². The van der Waals surface area contributed by atoms with Crippen molar-refractivity contribution in [3.63, 3.8) is 0 Å². The first-order chi connectivity index (χ1) is 11.4. The highest BCUT2D eigenvalue weighted by molar-refractivity contribution is 6.08. The van der Waals surface area contributed by atoms with Crippen LogP contribution in [0.2, 0.25) is 0 Å². The molecule has 0 radical (unpaired) electrons. The Hall–Kier alpha value is -1.90. The molecule has 1 aliphatic carbocycles. The lowest BCUT2D eigenvalue weighted by molar-refractivity contribution is 0.0345. The molecule has 2 heteroatoms. The molecular weight excluding hydrogens is 284 g/mol. The second-order valence-electron chi connectivity index (χ2n) is 6.74. The molecule has 1 fully saturated rings. The molecule has 23 heavy (non-hydrogen) atoms. The number of epoxide rings is 1. The van der Waals surface area contributed by atoms with Crippen LogP contribution >= 0.6 is 0 Å². The Balaban J connectivity index is 1.53. The summed E-state index contributed by atoms with van der Waals surface area (Å²) < 4.78 is 11.3. The predicted octanol–water partition coefficient (Wildman–Crippen LogP) is 4.27. The maximum Gasteiger partial charge on any atom is 0.104 e. The van der Waals surface area contributed by atoms with Gasteiger partial charge in [-0.3, -0.25) is 0 Å². The van der Waals surface area contributed by atoms with Gasteiger partial charge in [-0.2, -0.15) is 0 Å². The molecule has 2 atom stereocenters. The number of fused-ring (bicyclic) bond motifs is 5. The first-order valence-corrected chi connectivity index (χ1v) is 8.54. The van der Waals surface area contributed by atoms with Gasteiger partial charge >= 0.3 is 0 Å². The molecule has 116 valence electrons. The average molecular weight is 304 g/mol. The fourth-order valence-corrected chi connectivity index (χ4v) is 3.88. The summed E-state index contributed by atoms with van der Waals surface area (Å²) in [5, 5.41) is 5.48. The molecule has 1 unspecified atom stereocenters. The third-order valence-electron chi connectivity index (χ3n) is 5.22. The van der Waals surface area contributed by atoms with Crippen molar-refractivity contribution >= 4 is 21.5 Å². The first-order valence-electron chi connectivity index (χ1n) is 8.54. The number of benzene rings is 3. The van der Waals surface area contributed by atoms with E-state index in [1.807, 2.05) is 0 Å². The fourth-order valence-electron chi connectivity index (χ4n) is 3.88. The largest absolute Gasteiger partial charge is 0.375 e. The summed E-state index contributed by atoms with van der Waals surface area (Å²) in [5.74, 6) is 0. The lowest BCUT2D eigenvalue weighted by Gasteiger charge is -2.26. The van der Waals surface area contributed by atoms with Gasteiger partial charge in [0, 0.05) is 0 Å². The van der Waals surface area contributed by atoms with Crippen molar-refractivity contribution in [2.24, 2.45) is 0 Å². The van der Waals surface area contributed by atoms with E-state index in [2.05, 4.69) is 48.5 Å². The lowest BCUT2D eigenvalue weighted by Crippen LogP contribution is -2.24. The maximum atomic E-state index is 6.02. The summed E-state index contributed by atoms with van der Waals surface area (Å²) in [7, 11) is 0. The molecule has 0 spiro atoms. The van der Waals surface area contributed by atoms with Gasteiger partial charge in [-0.1, -0.05) is 48.5 Å². The van der Waals surface area contributed by atoms with E-state index in [0.717, 1.165) is 32.5 Å². The summed E-state index contributed by atoms with van der Waals surface area (Å²) in [4.78, 5) is 0. The van der Waals surface area contributed by atoms with Crippen LogP contribution in [-0.4, -0.2) is 25.4 Å². The molecule has 2 aliphatic rings. The second kappa shape index (κ2) is 5.33. The van der Waals surface area contributed by atoms with Gasteiger partial charge in [-0.25, -0.2) is 0 Å². The topological polar surface area (TPSA) is 21.8 Å². The highest BCUT2D eigenvalue weighted by Crippen LogP contribution is 2.34. The average Bonchev–Trinajstić information content (AvgIpc) is 3.43. The Morgan fingerprint density at radius 3 is 2.74 bits per heavy atom. The summed E-state index contributed by atoms with van der Waals surface area (Å²) in [6, 6.07) is 17.8. The number of rotatable bonds is 3. The van der Waals surface area contributed by atoms with Crippen LogP contribution in [0.4, 0.5) is 0 Å². The predicted molar refractivity (Wildman–Crippen MR) is 93.0 cm³/mol. The van der Waals surface area contributed by atoms with E-state index in [1.165, 1.54) is 32.7 Å². The zero-order valence-corrected chi connectivity index (χ0v) is 13.1. The smallest absolute Gasteiger partial charge is 0.104 e. The van der Waals surface area contributed by atoms with E-state index in [1.54, 1.807) is 0 Å². The molecule has 0 N–H and O–H groups in total. The van der Waals surface area contributed by atoms with Crippen molar-refractivity contribution < 1.29 is 9.47 Å². The summed E-state index contributed by atoms with van der Waals surface area (Å²) in [5.41, 5.74) is 2.98. The summed E-state index contributed by atoms with van der Waals surface area (Å²) in [6.07, 6.45) is 3.97. The van der Waals surface area contributed by atoms with Crippen molar-refractivity contribution in [2.45, 2.75) is 31.5 Å². The number of hydrogen-bond acceptors (Lipinski definition) is 2. The van der Waals surface area contributed by atoms with Gasteiger partial charge in [-0.05, 0) is 51.9 Å². The van der Waals surface area contributed by atoms with Gasteiger partial charge in [0.2, 0.25) is 0 Å². The van der Waals surface area contributed by atoms with Crippen LogP contribution in [0.25, 0.3) is 21.5 Å². The fraction of sp³-hybridized carbons (Fsp3) is 0.333. The van der Waals surface area contributed by atoms with Crippen LogP contribution in [0.5, 0.6) is 0 Å². The van der Waals surface area contributed by atoms with Crippen LogP contribution in [0.3, 0.4) is 0 Å². The molecule has 3 aromatic rings. The van der Waals surface area contributed by atoms with Gasteiger partial charge in [0.15, 0.2) is 0 Å². The van der Waals surface area contributed by atoms with Crippen molar-refractivity contribution in [3.05, 3.63) is 59.7 Å². The third-order valence-corrected chi connectivity index (χ3v) is 5.22. The van der Waals surface area contributed by atoms with Crippen molar-refractivity contribution in [1.82, 2.24) is 0 Å². The zero-order chi connectivity index (χ0) is 15.2. The SMILES string of the molecule is c1ccc2c(c1)ccc1c3c(ccc12)CC(OC[C@H]1CO1)CC3. The Kier molecular flexibility index (Phi) is 3.13. The summed E-state index contributed by atoms with van der Waals surface area (Å²) in [6.45, 7) is 1.64. The van der Waals surface area contributed by atoms with Gasteiger partial charge in [0.25, 0.3) is 0 Å². The highest BCUT2D eigenvalue weighted by Gasteiger charge is 2.26. The monoisotopic (exact) mass is 304 g/mol. The molecule has 5 rings (SSSR count). The minimum absolute atomic E-state index is 0.351. The van der Waals surface area contributed by atoms with E-state index in [4.69, 9.17) is 9.47 Å². The highest BCUT2D eigenvalue weighted by atomic mass is 16.6. The van der Waals surface area contributed by atoms with Gasteiger partial charge in [0.1, 0.15) is 6.10 Å².